The summed E-state index contributed by atoms with van der Waals surface area (Å²) in [6, 6.07) is 7.42. The molecule has 1 unspecified atom stereocenters. The zero-order valence-electron chi connectivity index (χ0n) is 12.4. The molecule has 1 aromatic carbocycles. The number of benzene rings is 1. The molecule has 0 fully saturated rings. The van der Waals surface area contributed by atoms with Crippen LogP contribution in [-0.4, -0.2) is 44.0 Å². The maximum absolute atomic E-state index is 12.4. The summed E-state index contributed by atoms with van der Waals surface area (Å²) in [7, 11) is 1.78. The lowest BCUT2D eigenvalue weighted by atomic mass is 9.93. The van der Waals surface area contributed by atoms with Gasteiger partial charge in [-0.05, 0) is 17.5 Å². The molecule has 0 bridgehead atoms. The van der Waals surface area contributed by atoms with Crippen molar-refractivity contribution >= 4 is 6.03 Å². The zero-order valence-corrected chi connectivity index (χ0v) is 12.4. The van der Waals surface area contributed by atoms with Gasteiger partial charge in [-0.2, -0.15) is 5.10 Å². The summed E-state index contributed by atoms with van der Waals surface area (Å²) in [5, 5.41) is 16.6. The van der Waals surface area contributed by atoms with E-state index >= 15 is 0 Å². The van der Waals surface area contributed by atoms with Crippen LogP contribution < -0.4 is 5.32 Å². The van der Waals surface area contributed by atoms with E-state index in [0.29, 0.717) is 12.4 Å². The maximum Gasteiger partial charge on any atom is 0.318 e. The molecule has 2 N–H and O–H groups in total. The van der Waals surface area contributed by atoms with E-state index in [-0.39, 0.29) is 25.2 Å². The Balaban J connectivity index is 1.70. The third-order valence-corrected chi connectivity index (χ3v) is 3.89. The van der Waals surface area contributed by atoms with Gasteiger partial charge >= 0.3 is 6.03 Å². The fraction of sp³-hybridized carbons (Fsp3) is 0.400. The summed E-state index contributed by atoms with van der Waals surface area (Å²) in [6.07, 6.45) is 2.39. The lowest BCUT2D eigenvalue weighted by molar-refractivity contribution is 0.126. The van der Waals surface area contributed by atoms with Crippen molar-refractivity contribution in [1.29, 1.82) is 0 Å². The maximum atomic E-state index is 12.4. The smallest absolute Gasteiger partial charge is 0.318 e. The number of aliphatic hydroxyl groups excluding tert-OH is 1. The minimum atomic E-state index is -0.304. The summed E-state index contributed by atoms with van der Waals surface area (Å²) in [4.78, 5) is 18.1. The topological polar surface area (TPSA) is 83.3 Å². The fourth-order valence-corrected chi connectivity index (χ4v) is 2.81. The molecule has 2 aromatic rings. The highest BCUT2D eigenvalue weighted by atomic mass is 16.3. The van der Waals surface area contributed by atoms with Crippen LogP contribution in [-0.2, 0) is 20.0 Å². The number of amides is 2. The van der Waals surface area contributed by atoms with Crippen LogP contribution in [0.15, 0.2) is 30.6 Å². The number of nitrogens with one attached hydrogen (secondary N) is 1. The van der Waals surface area contributed by atoms with Gasteiger partial charge in [0.15, 0.2) is 5.82 Å². The van der Waals surface area contributed by atoms with E-state index in [1.807, 2.05) is 24.3 Å². The zero-order chi connectivity index (χ0) is 15.5. The van der Waals surface area contributed by atoms with E-state index < -0.39 is 0 Å². The van der Waals surface area contributed by atoms with Crippen LogP contribution in [0.25, 0.3) is 0 Å². The summed E-state index contributed by atoms with van der Waals surface area (Å²) >= 11 is 0. The Morgan fingerprint density at radius 2 is 2.27 bits per heavy atom. The van der Waals surface area contributed by atoms with E-state index in [4.69, 9.17) is 0 Å². The molecular weight excluding hydrogens is 282 g/mol. The van der Waals surface area contributed by atoms with Crippen molar-refractivity contribution in [2.75, 3.05) is 13.2 Å². The lowest BCUT2D eigenvalue weighted by Crippen LogP contribution is -2.46. The predicted octanol–water partition coefficient (Wildman–Crippen LogP) is 0.616. The molecule has 22 heavy (non-hydrogen) atoms. The number of hydrogen-bond donors (Lipinski definition) is 2. The first kappa shape index (κ1) is 14.5. The van der Waals surface area contributed by atoms with Crippen LogP contribution >= 0.6 is 0 Å². The normalized spacial score (nSPS) is 17.2. The Kier molecular flexibility index (Phi) is 4.06. The third-order valence-electron chi connectivity index (χ3n) is 3.89. The Labute approximate surface area is 128 Å². The van der Waals surface area contributed by atoms with Gasteiger partial charge in [-0.25, -0.2) is 9.78 Å². The van der Waals surface area contributed by atoms with Crippen LogP contribution in [0.5, 0.6) is 0 Å². The summed E-state index contributed by atoms with van der Waals surface area (Å²) < 4.78 is 1.59. The lowest BCUT2D eigenvalue weighted by Gasteiger charge is -2.36. The molecule has 1 aliphatic heterocycles. The van der Waals surface area contributed by atoms with Gasteiger partial charge in [0, 0.05) is 13.6 Å². The highest BCUT2D eigenvalue weighted by molar-refractivity contribution is 5.75. The molecule has 0 radical (unpaired) electrons. The van der Waals surface area contributed by atoms with Crippen LogP contribution in [0.2, 0.25) is 0 Å². The molecule has 2 amide bonds. The first-order valence-corrected chi connectivity index (χ1v) is 7.26. The van der Waals surface area contributed by atoms with Crippen molar-refractivity contribution < 1.29 is 9.90 Å². The Morgan fingerprint density at radius 3 is 3.00 bits per heavy atom. The first-order valence-electron chi connectivity index (χ1n) is 7.26. The van der Waals surface area contributed by atoms with Crippen molar-refractivity contribution in [3.8, 4) is 0 Å². The van der Waals surface area contributed by atoms with E-state index in [1.165, 1.54) is 5.56 Å². The minimum absolute atomic E-state index is 0.0910. The molecule has 1 aliphatic rings. The molecule has 7 nitrogen and oxygen atoms in total. The number of nitrogens with zero attached hydrogens (tertiary/aromatic N) is 4. The number of hydrogen-bond acceptors (Lipinski definition) is 4. The number of carbonyl (C=O) groups excluding carboxylic acids is 1. The number of urea groups is 1. The summed E-state index contributed by atoms with van der Waals surface area (Å²) in [5.41, 5.74) is 2.21. The fourth-order valence-electron chi connectivity index (χ4n) is 2.81. The quantitative estimate of drug-likeness (QED) is 0.870. The Hall–Kier alpha value is -2.41. The van der Waals surface area contributed by atoms with E-state index in [1.54, 1.807) is 23.0 Å². The van der Waals surface area contributed by atoms with Crippen LogP contribution in [0.3, 0.4) is 0 Å². The van der Waals surface area contributed by atoms with Crippen LogP contribution in [0.1, 0.15) is 23.0 Å². The van der Waals surface area contributed by atoms with Gasteiger partial charge in [-0.3, -0.25) is 4.68 Å². The molecule has 0 saturated carbocycles. The standard InChI is InChI=1S/C15H19N5O2/c1-19-10-17-14(18-19)8-16-15(22)20-7-6-11-4-2-3-5-12(11)13(20)9-21/h2-5,10,13,21H,6-9H2,1H3,(H,16,22). The van der Waals surface area contributed by atoms with Crippen molar-refractivity contribution in [3.05, 3.63) is 47.5 Å². The highest BCUT2D eigenvalue weighted by Crippen LogP contribution is 2.29. The molecule has 7 heteroatoms. The van der Waals surface area contributed by atoms with Gasteiger partial charge in [0.2, 0.25) is 0 Å². The largest absolute Gasteiger partial charge is 0.394 e. The molecule has 0 saturated heterocycles. The van der Waals surface area contributed by atoms with Gasteiger partial charge in [0.25, 0.3) is 0 Å². The first-order chi connectivity index (χ1) is 10.7. The van der Waals surface area contributed by atoms with Gasteiger partial charge in [-0.15, -0.1) is 0 Å². The number of fused-ring (bicyclic) bond motifs is 1. The van der Waals surface area contributed by atoms with Gasteiger partial charge in [0.05, 0.1) is 19.2 Å². The second-order valence-corrected chi connectivity index (χ2v) is 5.33. The molecule has 116 valence electrons. The minimum Gasteiger partial charge on any atom is -0.394 e. The number of aryl methyl sites for hydroxylation is 1. The van der Waals surface area contributed by atoms with Crippen LogP contribution in [0.4, 0.5) is 4.79 Å². The highest BCUT2D eigenvalue weighted by Gasteiger charge is 2.29. The second kappa shape index (κ2) is 6.15. The van der Waals surface area contributed by atoms with Crippen LogP contribution in [0, 0.1) is 0 Å². The molecular formula is C15H19N5O2. The van der Waals surface area contributed by atoms with Crippen molar-refractivity contribution in [2.45, 2.75) is 19.0 Å². The molecule has 3 rings (SSSR count). The summed E-state index contributed by atoms with van der Waals surface area (Å²) in [6.45, 7) is 0.770. The number of rotatable bonds is 3. The number of aliphatic hydroxyl groups is 1. The van der Waals surface area contributed by atoms with E-state index in [2.05, 4.69) is 15.4 Å². The van der Waals surface area contributed by atoms with E-state index in [9.17, 15) is 9.90 Å². The van der Waals surface area contributed by atoms with Gasteiger partial charge < -0.3 is 15.3 Å². The average molecular weight is 301 g/mol. The predicted molar refractivity (Wildman–Crippen MR) is 79.9 cm³/mol. The SMILES string of the molecule is Cn1cnc(CNC(=O)N2CCc3ccccc3C2CO)n1. The molecule has 1 aromatic heterocycles. The summed E-state index contributed by atoms with van der Waals surface area (Å²) in [5.74, 6) is 0.564. The average Bonchev–Trinajstić information content (AvgIpc) is 2.97. The van der Waals surface area contributed by atoms with Crippen molar-refractivity contribution in [1.82, 2.24) is 25.0 Å². The Bertz CT molecular complexity index is 669. The number of aromatic nitrogens is 3. The van der Waals surface area contributed by atoms with E-state index in [0.717, 1.165) is 12.0 Å². The van der Waals surface area contributed by atoms with Crippen molar-refractivity contribution in [3.63, 3.8) is 0 Å². The second-order valence-electron chi connectivity index (χ2n) is 5.33. The molecule has 2 heterocycles. The monoisotopic (exact) mass is 301 g/mol. The van der Waals surface area contributed by atoms with Gasteiger partial charge in [0.1, 0.15) is 6.33 Å². The molecule has 0 aliphatic carbocycles. The third kappa shape index (κ3) is 2.80. The number of carbonyl (C=O) groups is 1. The Morgan fingerprint density at radius 1 is 1.45 bits per heavy atom. The van der Waals surface area contributed by atoms with Gasteiger partial charge in [-0.1, -0.05) is 24.3 Å². The molecule has 0 spiro atoms. The molecule has 1 atom stereocenters. The van der Waals surface area contributed by atoms with Crippen molar-refractivity contribution in [2.24, 2.45) is 7.05 Å².